The smallest absolute Gasteiger partial charge is 0.255 e. The van der Waals surface area contributed by atoms with Gasteiger partial charge in [-0.3, -0.25) is 4.79 Å². The third-order valence-electron chi connectivity index (χ3n) is 4.71. The van der Waals surface area contributed by atoms with E-state index in [1.807, 2.05) is 22.6 Å². The Balaban J connectivity index is 1.88. The van der Waals surface area contributed by atoms with E-state index in [0.29, 0.717) is 18.0 Å². The average molecular weight is 315 g/mol. The quantitative estimate of drug-likeness (QED) is 0.941. The van der Waals surface area contributed by atoms with E-state index in [4.69, 9.17) is 5.73 Å². The molecule has 0 aromatic carbocycles. The van der Waals surface area contributed by atoms with Crippen LogP contribution >= 0.6 is 0 Å². The van der Waals surface area contributed by atoms with Crippen molar-refractivity contribution in [1.82, 2.24) is 19.7 Å². The number of rotatable bonds is 3. The molecule has 1 fully saturated rings. The number of likely N-dealkylation sites (tertiary alicyclic amines) is 1. The standard InChI is InChI=1S/C17H25N5O/c1-11(2)22-16-14(10-19-22)8-15(12(3)20-16)17(23)21-6-4-13(9-18)5-7-21/h8,10-11,13H,4-7,9,18H2,1-3H3. The van der Waals surface area contributed by atoms with Gasteiger partial charge in [-0.1, -0.05) is 0 Å². The van der Waals surface area contributed by atoms with Gasteiger partial charge in [-0.15, -0.1) is 0 Å². The summed E-state index contributed by atoms with van der Waals surface area (Å²) < 4.78 is 1.89. The molecule has 2 aromatic heterocycles. The van der Waals surface area contributed by atoms with Gasteiger partial charge in [0.05, 0.1) is 17.5 Å². The Morgan fingerprint density at radius 3 is 2.70 bits per heavy atom. The van der Waals surface area contributed by atoms with Gasteiger partial charge in [-0.2, -0.15) is 5.10 Å². The van der Waals surface area contributed by atoms with Crippen molar-refractivity contribution in [3.8, 4) is 0 Å². The largest absolute Gasteiger partial charge is 0.339 e. The second-order valence-electron chi connectivity index (χ2n) is 6.69. The van der Waals surface area contributed by atoms with E-state index >= 15 is 0 Å². The molecule has 0 spiro atoms. The highest BCUT2D eigenvalue weighted by molar-refractivity contribution is 5.98. The van der Waals surface area contributed by atoms with E-state index < -0.39 is 0 Å². The molecule has 0 radical (unpaired) electrons. The van der Waals surface area contributed by atoms with Crippen molar-refractivity contribution >= 4 is 16.9 Å². The Hall–Kier alpha value is -1.95. The zero-order chi connectivity index (χ0) is 16.6. The summed E-state index contributed by atoms with van der Waals surface area (Å²) in [6.45, 7) is 8.32. The number of hydrogen-bond donors (Lipinski definition) is 1. The van der Waals surface area contributed by atoms with Crippen LogP contribution in [-0.4, -0.2) is 45.2 Å². The van der Waals surface area contributed by atoms with Gasteiger partial charge >= 0.3 is 0 Å². The van der Waals surface area contributed by atoms with Crippen LogP contribution in [-0.2, 0) is 0 Å². The molecule has 0 aliphatic carbocycles. The number of carbonyl (C=O) groups is 1. The lowest BCUT2D eigenvalue weighted by Crippen LogP contribution is -2.40. The van der Waals surface area contributed by atoms with Gasteiger partial charge < -0.3 is 10.6 Å². The molecule has 124 valence electrons. The summed E-state index contributed by atoms with van der Waals surface area (Å²) in [6, 6.07) is 2.18. The van der Waals surface area contributed by atoms with Crippen molar-refractivity contribution in [1.29, 1.82) is 0 Å². The predicted octanol–water partition coefficient (Wildman–Crippen LogP) is 2.13. The number of amides is 1. The minimum atomic E-state index is 0.0738. The molecule has 6 heteroatoms. The first kappa shape index (κ1) is 15.9. The van der Waals surface area contributed by atoms with Crippen molar-refractivity contribution in [2.24, 2.45) is 11.7 Å². The number of aromatic nitrogens is 3. The van der Waals surface area contributed by atoms with E-state index in [0.717, 1.165) is 42.7 Å². The topological polar surface area (TPSA) is 77.0 Å². The van der Waals surface area contributed by atoms with Crippen LogP contribution in [0, 0.1) is 12.8 Å². The Kier molecular flexibility index (Phi) is 4.35. The third-order valence-corrected chi connectivity index (χ3v) is 4.71. The first-order chi connectivity index (χ1) is 11.0. The molecule has 2 N–H and O–H groups in total. The molecule has 1 aliphatic heterocycles. The number of nitrogens with zero attached hydrogens (tertiary/aromatic N) is 4. The van der Waals surface area contributed by atoms with Crippen molar-refractivity contribution in [3.05, 3.63) is 23.5 Å². The van der Waals surface area contributed by atoms with Gasteiger partial charge in [0.2, 0.25) is 0 Å². The molecule has 0 bridgehead atoms. The van der Waals surface area contributed by atoms with Gasteiger partial charge in [0, 0.05) is 24.5 Å². The molecule has 1 amide bonds. The molecule has 3 heterocycles. The van der Waals surface area contributed by atoms with Crippen LogP contribution in [0.25, 0.3) is 11.0 Å². The summed E-state index contributed by atoms with van der Waals surface area (Å²) >= 11 is 0. The summed E-state index contributed by atoms with van der Waals surface area (Å²) in [6.07, 6.45) is 3.77. The van der Waals surface area contributed by atoms with Gasteiger partial charge in [0.15, 0.2) is 5.65 Å². The van der Waals surface area contributed by atoms with E-state index in [1.54, 1.807) is 6.20 Å². The number of fused-ring (bicyclic) bond motifs is 1. The molecule has 23 heavy (non-hydrogen) atoms. The number of piperidine rings is 1. The SMILES string of the molecule is Cc1nc2c(cnn2C(C)C)cc1C(=O)N1CCC(CN)CC1. The monoisotopic (exact) mass is 315 g/mol. The first-order valence-corrected chi connectivity index (χ1v) is 8.35. The fourth-order valence-corrected chi connectivity index (χ4v) is 3.20. The summed E-state index contributed by atoms with van der Waals surface area (Å²) in [5.74, 6) is 0.620. The summed E-state index contributed by atoms with van der Waals surface area (Å²) in [5.41, 5.74) is 8.03. The Labute approximate surface area is 136 Å². The molecule has 0 unspecified atom stereocenters. The highest BCUT2D eigenvalue weighted by Gasteiger charge is 2.25. The Bertz CT molecular complexity index is 713. The summed E-state index contributed by atoms with van der Waals surface area (Å²) in [4.78, 5) is 19.4. The maximum atomic E-state index is 12.8. The van der Waals surface area contributed by atoms with Gasteiger partial charge in [-0.25, -0.2) is 9.67 Å². The number of aryl methyl sites for hydroxylation is 1. The predicted molar refractivity (Wildman–Crippen MR) is 90.3 cm³/mol. The van der Waals surface area contributed by atoms with E-state index in [-0.39, 0.29) is 11.9 Å². The molecule has 2 aromatic rings. The highest BCUT2D eigenvalue weighted by atomic mass is 16.2. The lowest BCUT2D eigenvalue weighted by Gasteiger charge is -2.31. The summed E-state index contributed by atoms with van der Waals surface area (Å²) in [5, 5.41) is 5.31. The fourth-order valence-electron chi connectivity index (χ4n) is 3.20. The summed E-state index contributed by atoms with van der Waals surface area (Å²) in [7, 11) is 0. The van der Waals surface area contributed by atoms with Crippen LogP contribution in [0.3, 0.4) is 0 Å². The van der Waals surface area contributed by atoms with Gasteiger partial charge in [0.1, 0.15) is 0 Å². The molecular weight excluding hydrogens is 290 g/mol. The lowest BCUT2D eigenvalue weighted by atomic mass is 9.96. The van der Waals surface area contributed by atoms with Crippen LogP contribution in [0.2, 0.25) is 0 Å². The van der Waals surface area contributed by atoms with Crippen LogP contribution in [0.1, 0.15) is 48.8 Å². The highest BCUT2D eigenvalue weighted by Crippen LogP contribution is 2.23. The third kappa shape index (κ3) is 2.95. The minimum absolute atomic E-state index is 0.0738. The number of carbonyl (C=O) groups excluding carboxylic acids is 1. The zero-order valence-electron chi connectivity index (χ0n) is 14.1. The number of hydrogen-bond acceptors (Lipinski definition) is 4. The average Bonchev–Trinajstić information content (AvgIpc) is 2.96. The molecule has 1 saturated heterocycles. The number of nitrogens with two attached hydrogens (primary N) is 1. The van der Waals surface area contributed by atoms with Crippen molar-refractivity contribution in [3.63, 3.8) is 0 Å². The first-order valence-electron chi connectivity index (χ1n) is 8.35. The molecule has 1 aliphatic rings. The molecule has 6 nitrogen and oxygen atoms in total. The molecule has 0 atom stereocenters. The van der Waals surface area contributed by atoms with Crippen LogP contribution in [0.15, 0.2) is 12.3 Å². The van der Waals surface area contributed by atoms with Crippen LogP contribution in [0.5, 0.6) is 0 Å². The maximum absolute atomic E-state index is 12.8. The minimum Gasteiger partial charge on any atom is -0.339 e. The normalized spacial score (nSPS) is 16.5. The second kappa shape index (κ2) is 6.28. The molecule has 0 saturated carbocycles. The Morgan fingerprint density at radius 2 is 2.09 bits per heavy atom. The van der Waals surface area contributed by atoms with Crippen molar-refractivity contribution < 1.29 is 4.79 Å². The van der Waals surface area contributed by atoms with Crippen LogP contribution in [0.4, 0.5) is 0 Å². The number of pyridine rings is 1. The van der Waals surface area contributed by atoms with E-state index in [2.05, 4.69) is 23.9 Å². The van der Waals surface area contributed by atoms with E-state index in [1.165, 1.54) is 0 Å². The molecular formula is C17H25N5O. The zero-order valence-corrected chi connectivity index (χ0v) is 14.1. The van der Waals surface area contributed by atoms with Crippen molar-refractivity contribution in [2.75, 3.05) is 19.6 Å². The Morgan fingerprint density at radius 1 is 1.39 bits per heavy atom. The van der Waals surface area contributed by atoms with Gasteiger partial charge in [-0.05, 0) is 52.1 Å². The van der Waals surface area contributed by atoms with Gasteiger partial charge in [0.25, 0.3) is 5.91 Å². The maximum Gasteiger partial charge on any atom is 0.255 e. The lowest BCUT2D eigenvalue weighted by molar-refractivity contribution is 0.0692. The van der Waals surface area contributed by atoms with E-state index in [9.17, 15) is 4.79 Å². The second-order valence-corrected chi connectivity index (χ2v) is 6.69. The fraction of sp³-hybridized carbons (Fsp3) is 0.588. The van der Waals surface area contributed by atoms with Crippen LogP contribution < -0.4 is 5.73 Å². The molecule has 3 rings (SSSR count). The van der Waals surface area contributed by atoms with Crippen molar-refractivity contribution in [2.45, 2.75) is 39.7 Å².